The number of imidazole rings is 1. The molecule has 0 unspecified atom stereocenters. The van der Waals surface area contributed by atoms with Crippen molar-refractivity contribution >= 4 is 11.2 Å². The van der Waals surface area contributed by atoms with E-state index in [0.717, 1.165) is 12.8 Å². The second-order valence-corrected chi connectivity index (χ2v) is 5.01. The molecule has 0 bridgehead atoms. The lowest BCUT2D eigenvalue weighted by molar-refractivity contribution is 0.432. The quantitative estimate of drug-likeness (QED) is 0.846. The summed E-state index contributed by atoms with van der Waals surface area (Å²) in [5, 5.41) is 0. The molecule has 1 aliphatic rings. The second kappa shape index (κ2) is 4.12. The molecule has 0 saturated heterocycles. The monoisotopic (exact) mass is 248 g/mol. The molecular weight excluding hydrogens is 232 g/mol. The molecule has 2 aromatic rings. The number of nitrogens with zero attached hydrogens (tertiary/aromatic N) is 3. The number of nitrogens with one attached hydrogen (secondary N) is 1. The fourth-order valence-electron chi connectivity index (χ4n) is 2.80. The van der Waals surface area contributed by atoms with Crippen LogP contribution < -0.4 is 11.2 Å². The van der Waals surface area contributed by atoms with Crippen LogP contribution >= 0.6 is 0 Å². The van der Waals surface area contributed by atoms with E-state index in [1.807, 2.05) is 0 Å². The van der Waals surface area contributed by atoms with Crippen LogP contribution in [0.3, 0.4) is 0 Å². The van der Waals surface area contributed by atoms with Crippen LogP contribution in [-0.4, -0.2) is 19.1 Å². The zero-order valence-electron chi connectivity index (χ0n) is 10.3. The molecule has 18 heavy (non-hydrogen) atoms. The van der Waals surface area contributed by atoms with E-state index in [0.29, 0.717) is 23.6 Å². The lowest BCUT2D eigenvalue weighted by Gasteiger charge is -2.12. The van der Waals surface area contributed by atoms with Crippen molar-refractivity contribution in [1.82, 2.24) is 19.1 Å². The average molecular weight is 248 g/mol. The van der Waals surface area contributed by atoms with Crippen molar-refractivity contribution in [2.24, 2.45) is 13.0 Å². The van der Waals surface area contributed by atoms with Gasteiger partial charge in [0.1, 0.15) is 5.52 Å². The number of fused-ring (bicyclic) bond motifs is 1. The van der Waals surface area contributed by atoms with Crippen LogP contribution in [0, 0.1) is 5.92 Å². The highest BCUT2D eigenvalue weighted by Crippen LogP contribution is 2.25. The maximum atomic E-state index is 12.2. The maximum Gasteiger partial charge on any atom is 0.332 e. The van der Waals surface area contributed by atoms with Gasteiger partial charge in [-0.05, 0) is 18.8 Å². The minimum absolute atomic E-state index is 0.252. The Balaban J connectivity index is 2.15. The maximum absolute atomic E-state index is 12.2. The summed E-state index contributed by atoms with van der Waals surface area (Å²) >= 11 is 0. The average Bonchev–Trinajstić information content (AvgIpc) is 3.02. The molecule has 1 aliphatic carbocycles. The van der Waals surface area contributed by atoms with Crippen molar-refractivity contribution in [3.63, 3.8) is 0 Å². The zero-order chi connectivity index (χ0) is 12.7. The van der Waals surface area contributed by atoms with Gasteiger partial charge in [-0.1, -0.05) is 12.8 Å². The summed E-state index contributed by atoms with van der Waals surface area (Å²) in [5.41, 5.74) is 0.312. The second-order valence-electron chi connectivity index (χ2n) is 5.01. The van der Waals surface area contributed by atoms with Crippen LogP contribution in [0.4, 0.5) is 0 Å². The molecule has 3 rings (SSSR count). The standard InChI is InChI=1S/C12H16N4O2/c1-15-10-9(13-7-14-10)11(17)16(12(15)18)6-8-4-2-3-5-8/h7-8H,2-6H2,1H3,(H,13,14). The van der Waals surface area contributed by atoms with Gasteiger partial charge in [-0.25, -0.2) is 9.78 Å². The molecule has 0 aliphatic heterocycles. The van der Waals surface area contributed by atoms with Gasteiger partial charge < -0.3 is 4.98 Å². The molecule has 0 radical (unpaired) electrons. The van der Waals surface area contributed by atoms with Gasteiger partial charge in [0.25, 0.3) is 5.56 Å². The predicted octanol–water partition coefficient (Wildman–Crippen LogP) is 0.613. The third-order valence-electron chi connectivity index (χ3n) is 3.83. The molecule has 6 nitrogen and oxygen atoms in total. The fraction of sp³-hybridized carbons (Fsp3) is 0.583. The number of H-pyrrole nitrogens is 1. The van der Waals surface area contributed by atoms with Gasteiger partial charge in [0.2, 0.25) is 0 Å². The Kier molecular flexibility index (Phi) is 2.57. The van der Waals surface area contributed by atoms with Crippen LogP contribution in [0.15, 0.2) is 15.9 Å². The first-order valence-corrected chi connectivity index (χ1v) is 6.31. The summed E-state index contributed by atoms with van der Waals surface area (Å²) in [6.07, 6.45) is 6.07. The molecule has 0 atom stereocenters. The summed E-state index contributed by atoms with van der Waals surface area (Å²) in [6.45, 7) is 0.528. The fourth-order valence-corrected chi connectivity index (χ4v) is 2.80. The molecule has 2 aromatic heterocycles. The third-order valence-corrected chi connectivity index (χ3v) is 3.83. The highest BCUT2D eigenvalue weighted by Gasteiger charge is 2.19. The first-order chi connectivity index (χ1) is 8.68. The van der Waals surface area contributed by atoms with Gasteiger partial charge in [-0.3, -0.25) is 13.9 Å². The van der Waals surface area contributed by atoms with Gasteiger partial charge >= 0.3 is 5.69 Å². The Hall–Kier alpha value is -1.85. The van der Waals surface area contributed by atoms with E-state index < -0.39 is 0 Å². The summed E-state index contributed by atoms with van der Waals surface area (Å²) in [6, 6.07) is 0. The van der Waals surface area contributed by atoms with Crippen LogP contribution in [0.1, 0.15) is 25.7 Å². The van der Waals surface area contributed by atoms with Crippen LogP contribution in [0.25, 0.3) is 11.2 Å². The summed E-state index contributed by atoms with van der Waals surface area (Å²) in [5.74, 6) is 0.454. The number of aromatic amines is 1. The molecule has 0 aromatic carbocycles. The first-order valence-electron chi connectivity index (χ1n) is 6.31. The Morgan fingerprint density at radius 3 is 2.83 bits per heavy atom. The first kappa shape index (κ1) is 11.3. The lowest BCUT2D eigenvalue weighted by Crippen LogP contribution is -2.40. The molecule has 6 heteroatoms. The number of aryl methyl sites for hydroxylation is 1. The highest BCUT2D eigenvalue weighted by molar-refractivity contribution is 5.68. The van der Waals surface area contributed by atoms with E-state index in [4.69, 9.17) is 0 Å². The topological polar surface area (TPSA) is 72.7 Å². The SMILES string of the molecule is Cn1c(=O)n(CC2CCCC2)c(=O)c2[nH]cnc21. The van der Waals surface area contributed by atoms with E-state index in [9.17, 15) is 9.59 Å². The smallest absolute Gasteiger partial charge is 0.332 e. The van der Waals surface area contributed by atoms with Gasteiger partial charge in [0.15, 0.2) is 5.65 Å². The van der Waals surface area contributed by atoms with E-state index in [2.05, 4.69) is 9.97 Å². The van der Waals surface area contributed by atoms with Crippen molar-refractivity contribution in [2.45, 2.75) is 32.2 Å². The normalized spacial score (nSPS) is 16.7. The van der Waals surface area contributed by atoms with Gasteiger partial charge in [-0.2, -0.15) is 0 Å². The summed E-state index contributed by atoms with van der Waals surface area (Å²) in [4.78, 5) is 31.2. The molecule has 1 saturated carbocycles. The van der Waals surface area contributed by atoms with Crippen molar-refractivity contribution in [3.05, 3.63) is 27.2 Å². The summed E-state index contributed by atoms with van der Waals surface area (Å²) in [7, 11) is 1.65. The Morgan fingerprint density at radius 2 is 2.11 bits per heavy atom. The molecule has 0 amide bonds. The number of hydrogen-bond donors (Lipinski definition) is 1. The van der Waals surface area contributed by atoms with Crippen molar-refractivity contribution in [2.75, 3.05) is 0 Å². The lowest BCUT2D eigenvalue weighted by atomic mass is 10.1. The van der Waals surface area contributed by atoms with E-state index >= 15 is 0 Å². The van der Waals surface area contributed by atoms with Crippen LogP contribution in [0.2, 0.25) is 0 Å². The Morgan fingerprint density at radius 1 is 1.39 bits per heavy atom. The van der Waals surface area contributed by atoms with Gasteiger partial charge in [-0.15, -0.1) is 0 Å². The van der Waals surface area contributed by atoms with Crippen LogP contribution in [0.5, 0.6) is 0 Å². The van der Waals surface area contributed by atoms with Crippen LogP contribution in [-0.2, 0) is 13.6 Å². The number of rotatable bonds is 2. The predicted molar refractivity (Wildman–Crippen MR) is 67.6 cm³/mol. The van der Waals surface area contributed by atoms with E-state index in [-0.39, 0.29) is 11.2 Å². The molecule has 2 heterocycles. The molecule has 0 spiro atoms. The Labute approximate surface area is 103 Å². The molecule has 96 valence electrons. The van der Waals surface area contributed by atoms with Crippen molar-refractivity contribution in [1.29, 1.82) is 0 Å². The van der Waals surface area contributed by atoms with Crippen molar-refractivity contribution in [3.8, 4) is 0 Å². The van der Waals surface area contributed by atoms with Gasteiger partial charge in [0.05, 0.1) is 6.33 Å². The highest BCUT2D eigenvalue weighted by atomic mass is 16.2. The molecule has 1 N–H and O–H groups in total. The van der Waals surface area contributed by atoms with E-state index in [1.165, 1.54) is 28.3 Å². The minimum atomic E-state index is -0.272. The summed E-state index contributed by atoms with van der Waals surface area (Å²) < 4.78 is 2.78. The van der Waals surface area contributed by atoms with Gasteiger partial charge in [0, 0.05) is 13.6 Å². The Bertz CT molecular complexity index is 688. The molecular formula is C12H16N4O2. The van der Waals surface area contributed by atoms with E-state index in [1.54, 1.807) is 7.05 Å². The number of aromatic nitrogens is 4. The zero-order valence-corrected chi connectivity index (χ0v) is 10.3. The minimum Gasteiger partial charge on any atom is -0.339 e. The molecule has 1 fully saturated rings. The van der Waals surface area contributed by atoms with Crippen molar-refractivity contribution < 1.29 is 0 Å². The third kappa shape index (κ3) is 1.60. The largest absolute Gasteiger partial charge is 0.339 e. The number of hydrogen-bond acceptors (Lipinski definition) is 3.